The van der Waals surface area contributed by atoms with Crippen molar-refractivity contribution in [1.82, 2.24) is 10.3 Å². The van der Waals surface area contributed by atoms with E-state index < -0.39 is 5.97 Å². The molecule has 80 valence electrons. The summed E-state index contributed by atoms with van der Waals surface area (Å²) in [5, 5.41) is 3.10. The molecule has 1 N–H and O–H groups in total. The van der Waals surface area contributed by atoms with Crippen LogP contribution in [-0.4, -0.2) is 37.3 Å². The number of pyridine rings is 1. The molecule has 0 spiro atoms. The molecule has 0 saturated carbocycles. The predicted molar refractivity (Wildman–Crippen MR) is 52.9 cm³/mol. The van der Waals surface area contributed by atoms with Crippen molar-refractivity contribution < 1.29 is 14.3 Å². The molecule has 0 aliphatic carbocycles. The molecule has 5 heteroatoms. The maximum Gasteiger partial charge on any atom is 0.356 e. The molecule has 5 nitrogen and oxygen atoms in total. The van der Waals surface area contributed by atoms with E-state index in [-0.39, 0.29) is 11.8 Å². The minimum absolute atomic E-state index is 0.192. The fourth-order valence-corrected chi connectivity index (χ4v) is 1.24. The first kappa shape index (κ1) is 9.92. The Morgan fingerprint density at radius 2 is 2.40 bits per heavy atom. The number of esters is 1. The summed E-state index contributed by atoms with van der Waals surface area (Å²) in [7, 11) is 1.33. The number of hydrogen-bond acceptors (Lipinski definition) is 5. The van der Waals surface area contributed by atoms with Crippen molar-refractivity contribution >= 4 is 5.97 Å². The van der Waals surface area contributed by atoms with Gasteiger partial charge >= 0.3 is 5.97 Å². The van der Waals surface area contributed by atoms with Gasteiger partial charge in [0.15, 0.2) is 5.69 Å². The van der Waals surface area contributed by atoms with E-state index in [0.29, 0.717) is 5.75 Å². The molecule has 2 heterocycles. The van der Waals surface area contributed by atoms with Gasteiger partial charge in [-0.25, -0.2) is 9.78 Å². The fraction of sp³-hybridized carbons (Fsp3) is 0.400. The molecule has 0 aromatic carbocycles. The molecule has 0 amide bonds. The first-order chi connectivity index (χ1) is 7.29. The van der Waals surface area contributed by atoms with Crippen molar-refractivity contribution in [2.45, 2.75) is 6.10 Å². The minimum atomic E-state index is -0.452. The quantitative estimate of drug-likeness (QED) is 0.720. The number of aromatic nitrogens is 1. The van der Waals surface area contributed by atoms with E-state index in [2.05, 4.69) is 15.0 Å². The second kappa shape index (κ2) is 4.27. The summed E-state index contributed by atoms with van der Waals surface area (Å²) in [5.74, 6) is 0.198. The third kappa shape index (κ3) is 2.24. The Kier molecular flexibility index (Phi) is 2.82. The Bertz CT molecular complexity index is 363. The molecule has 1 fully saturated rings. The molecule has 0 unspecified atom stereocenters. The molecule has 0 radical (unpaired) electrons. The van der Waals surface area contributed by atoms with Crippen molar-refractivity contribution in [3.63, 3.8) is 0 Å². The smallest absolute Gasteiger partial charge is 0.356 e. The Balaban J connectivity index is 2.07. The van der Waals surface area contributed by atoms with E-state index in [9.17, 15) is 4.79 Å². The number of carbonyl (C=O) groups excluding carboxylic acids is 1. The first-order valence-corrected chi connectivity index (χ1v) is 4.71. The summed E-state index contributed by atoms with van der Waals surface area (Å²) < 4.78 is 10.1. The molecular weight excluding hydrogens is 196 g/mol. The molecule has 1 saturated heterocycles. The molecule has 1 aliphatic rings. The van der Waals surface area contributed by atoms with Crippen LogP contribution in [0.25, 0.3) is 0 Å². The molecule has 15 heavy (non-hydrogen) atoms. The van der Waals surface area contributed by atoms with Crippen LogP contribution in [0, 0.1) is 0 Å². The molecule has 0 bridgehead atoms. The van der Waals surface area contributed by atoms with Crippen molar-refractivity contribution in [2.24, 2.45) is 0 Å². The molecule has 1 aromatic heterocycles. The van der Waals surface area contributed by atoms with Crippen LogP contribution in [0.3, 0.4) is 0 Å². The minimum Gasteiger partial charge on any atom is -0.488 e. The lowest BCUT2D eigenvalue weighted by Crippen LogP contribution is -2.50. The first-order valence-electron chi connectivity index (χ1n) is 4.71. The predicted octanol–water partition coefficient (Wildman–Crippen LogP) is 0.219. The maximum absolute atomic E-state index is 11.2. The topological polar surface area (TPSA) is 60.5 Å². The highest BCUT2D eigenvalue weighted by Crippen LogP contribution is 2.14. The van der Waals surface area contributed by atoms with Gasteiger partial charge in [-0.3, -0.25) is 0 Å². The Labute approximate surface area is 87.4 Å². The summed E-state index contributed by atoms with van der Waals surface area (Å²) in [6.45, 7) is 1.69. The van der Waals surface area contributed by atoms with Gasteiger partial charge < -0.3 is 14.8 Å². The van der Waals surface area contributed by atoms with Gasteiger partial charge in [0.25, 0.3) is 0 Å². The second-order valence-corrected chi connectivity index (χ2v) is 3.27. The third-order valence-electron chi connectivity index (χ3n) is 2.17. The van der Waals surface area contributed by atoms with Gasteiger partial charge in [0.1, 0.15) is 11.9 Å². The average Bonchev–Trinajstić information content (AvgIpc) is 2.23. The summed E-state index contributed by atoms with van der Waals surface area (Å²) in [6, 6.07) is 3.31. The lowest BCUT2D eigenvalue weighted by Gasteiger charge is -2.27. The number of nitrogens with one attached hydrogen (secondary N) is 1. The SMILES string of the molecule is COC(=O)c1cc(OC2CNC2)ccn1. The lowest BCUT2D eigenvalue weighted by atomic mass is 10.2. The van der Waals surface area contributed by atoms with Gasteiger partial charge in [0.2, 0.25) is 0 Å². The fourth-order valence-electron chi connectivity index (χ4n) is 1.24. The standard InChI is InChI=1S/C10H12N2O3/c1-14-10(13)9-4-7(2-3-12-9)15-8-5-11-6-8/h2-4,8,11H,5-6H2,1H3. The number of ether oxygens (including phenoxy) is 2. The molecule has 1 aromatic rings. The molecular formula is C10H12N2O3. The van der Waals surface area contributed by atoms with Crippen molar-refractivity contribution in [3.05, 3.63) is 24.0 Å². The highest BCUT2D eigenvalue weighted by molar-refractivity contribution is 5.87. The van der Waals surface area contributed by atoms with E-state index >= 15 is 0 Å². The zero-order chi connectivity index (χ0) is 10.7. The van der Waals surface area contributed by atoms with Gasteiger partial charge in [-0.15, -0.1) is 0 Å². The summed E-state index contributed by atoms with van der Waals surface area (Å²) in [5.41, 5.74) is 0.266. The second-order valence-electron chi connectivity index (χ2n) is 3.27. The van der Waals surface area contributed by atoms with Crippen LogP contribution in [0.2, 0.25) is 0 Å². The van der Waals surface area contributed by atoms with Gasteiger partial charge in [0, 0.05) is 25.4 Å². The van der Waals surface area contributed by atoms with Gasteiger partial charge in [-0.05, 0) is 6.07 Å². The highest BCUT2D eigenvalue weighted by Gasteiger charge is 2.18. The number of hydrogen-bond donors (Lipinski definition) is 1. The van der Waals surface area contributed by atoms with E-state index in [1.807, 2.05) is 0 Å². The van der Waals surface area contributed by atoms with E-state index in [0.717, 1.165) is 13.1 Å². The van der Waals surface area contributed by atoms with Crippen LogP contribution in [0.1, 0.15) is 10.5 Å². The Hall–Kier alpha value is -1.62. The van der Waals surface area contributed by atoms with Gasteiger partial charge in [-0.2, -0.15) is 0 Å². The van der Waals surface area contributed by atoms with Crippen LogP contribution in [0.4, 0.5) is 0 Å². The van der Waals surface area contributed by atoms with Gasteiger partial charge in [0.05, 0.1) is 7.11 Å². The van der Waals surface area contributed by atoms with Crippen LogP contribution in [-0.2, 0) is 4.74 Å². The largest absolute Gasteiger partial charge is 0.488 e. The number of methoxy groups -OCH3 is 1. The normalized spacial score (nSPS) is 15.5. The number of rotatable bonds is 3. The molecule has 2 rings (SSSR count). The van der Waals surface area contributed by atoms with E-state index in [1.54, 1.807) is 12.1 Å². The lowest BCUT2D eigenvalue weighted by molar-refractivity contribution is 0.0592. The van der Waals surface area contributed by atoms with Crippen LogP contribution < -0.4 is 10.1 Å². The van der Waals surface area contributed by atoms with E-state index in [1.165, 1.54) is 13.3 Å². The zero-order valence-corrected chi connectivity index (χ0v) is 8.40. The third-order valence-corrected chi connectivity index (χ3v) is 2.17. The maximum atomic E-state index is 11.2. The van der Waals surface area contributed by atoms with Crippen LogP contribution in [0.5, 0.6) is 5.75 Å². The van der Waals surface area contributed by atoms with Crippen LogP contribution >= 0.6 is 0 Å². The molecule has 1 aliphatic heterocycles. The van der Waals surface area contributed by atoms with Crippen molar-refractivity contribution in [3.8, 4) is 5.75 Å². The average molecular weight is 208 g/mol. The highest BCUT2D eigenvalue weighted by atomic mass is 16.5. The van der Waals surface area contributed by atoms with Crippen molar-refractivity contribution in [2.75, 3.05) is 20.2 Å². The number of nitrogens with zero attached hydrogens (tertiary/aromatic N) is 1. The summed E-state index contributed by atoms with van der Waals surface area (Å²) in [6.07, 6.45) is 1.73. The molecule has 0 atom stereocenters. The summed E-state index contributed by atoms with van der Waals surface area (Å²) in [4.78, 5) is 15.1. The monoisotopic (exact) mass is 208 g/mol. The zero-order valence-electron chi connectivity index (χ0n) is 8.40. The Morgan fingerprint density at radius 3 is 3.00 bits per heavy atom. The number of carbonyl (C=O) groups is 1. The van der Waals surface area contributed by atoms with Crippen molar-refractivity contribution in [1.29, 1.82) is 0 Å². The van der Waals surface area contributed by atoms with E-state index in [4.69, 9.17) is 4.74 Å². The summed E-state index contributed by atoms with van der Waals surface area (Å²) >= 11 is 0. The van der Waals surface area contributed by atoms with Crippen LogP contribution in [0.15, 0.2) is 18.3 Å². The Morgan fingerprint density at radius 1 is 1.60 bits per heavy atom. The van der Waals surface area contributed by atoms with Gasteiger partial charge in [-0.1, -0.05) is 0 Å².